The lowest BCUT2D eigenvalue weighted by molar-refractivity contribution is 1.31. The molecular weight excluding hydrogens is 302 g/mol. The Balaban J connectivity index is 1.92. The number of hydrogen-bond acceptors (Lipinski definition) is 1. The fourth-order valence-corrected chi connectivity index (χ4v) is 3.04. The number of aromatic nitrogens is 1. The van der Waals surface area contributed by atoms with E-state index in [1.807, 2.05) is 12.1 Å². The third-order valence-electron chi connectivity index (χ3n) is 4.32. The average molecular weight is 321 g/mol. The van der Waals surface area contributed by atoms with Gasteiger partial charge < -0.3 is 0 Å². The maximum absolute atomic E-state index is 4.94. The number of pyridine rings is 1. The lowest BCUT2D eigenvalue weighted by atomic mass is 9.99. The highest BCUT2D eigenvalue weighted by atomic mass is 14.7. The molecule has 0 unspecified atom stereocenters. The number of aryl methyl sites for hydroxylation is 1. The van der Waals surface area contributed by atoms with Crippen LogP contribution < -0.4 is 0 Å². The van der Waals surface area contributed by atoms with Crippen LogP contribution in [0.25, 0.3) is 33.6 Å². The van der Waals surface area contributed by atoms with E-state index in [4.69, 9.17) is 4.98 Å². The van der Waals surface area contributed by atoms with Gasteiger partial charge >= 0.3 is 0 Å². The predicted octanol–water partition coefficient (Wildman–Crippen LogP) is 6.39. The first-order valence-corrected chi connectivity index (χ1v) is 8.49. The van der Waals surface area contributed by atoms with E-state index in [-0.39, 0.29) is 0 Å². The summed E-state index contributed by atoms with van der Waals surface area (Å²) in [7, 11) is 0. The van der Waals surface area contributed by atoms with Crippen LogP contribution in [0.3, 0.4) is 0 Å². The molecule has 1 heterocycles. The molecule has 0 saturated heterocycles. The quantitative estimate of drug-likeness (QED) is 0.426. The van der Waals surface area contributed by atoms with Crippen LogP contribution in [0.2, 0.25) is 0 Å². The lowest BCUT2D eigenvalue weighted by Gasteiger charge is -2.10. The molecule has 1 aromatic heterocycles. The van der Waals surface area contributed by atoms with E-state index in [2.05, 4.69) is 91.9 Å². The molecular formula is C24H19N. The van der Waals surface area contributed by atoms with Crippen molar-refractivity contribution in [3.8, 4) is 33.6 Å². The van der Waals surface area contributed by atoms with Crippen LogP contribution in [0.4, 0.5) is 0 Å². The average Bonchev–Trinajstić information content (AvgIpc) is 2.69. The second-order valence-electron chi connectivity index (χ2n) is 6.23. The normalized spacial score (nSPS) is 10.6. The first-order valence-electron chi connectivity index (χ1n) is 8.49. The Bertz CT molecular complexity index is 931. The lowest BCUT2D eigenvalue weighted by Crippen LogP contribution is -1.91. The Kier molecular flexibility index (Phi) is 4.14. The summed E-state index contributed by atoms with van der Waals surface area (Å²) in [6.45, 7) is 2.11. The standard InChI is InChI=1S/C24H19N/c1-18-9-8-14-21(15-18)24-17-22(19-10-4-2-5-11-19)16-23(25-24)20-12-6-3-7-13-20/h2-17H,1H3. The largest absolute Gasteiger partial charge is 0.248 e. The first-order chi connectivity index (χ1) is 12.3. The van der Waals surface area contributed by atoms with E-state index in [1.165, 1.54) is 16.7 Å². The summed E-state index contributed by atoms with van der Waals surface area (Å²) in [5.41, 5.74) is 7.92. The Hall–Kier alpha value is -3.19. The second kappa shape index (κ2) is 6.74. The third kappa shape index (κ3) is 3.36. The minimum atomic E-state index is 0.999. The monoisotopic (exact) mass is 321 g/mol. The summed E-state index contributed by atoms with van der Waals surface area (Å²) in [5.74, 6) is 0. The molecule has 0 radical (unpaired) electrons. The Labute approximate surface area is 148 Å². The summed E-state index contributed by atoms with van der Waals surface area (Å²) >= 11 is 0. The molecule has 120 valence electrons. The molecule has 0 bridgehead atoms. The number of benzene rings is 3. The maximum Gasteiger partial charge on any atom is 0.0715 e. The van der Waals surface area contributed by atoms with Gasteiger partial charge in [-0.25, -0.2) is 4.98 Å². The van der Waals surface area contributed by atoms with E-state index in [9.17, 15) is 0 Å². The van der Waals surface area contributed by atoms with Gasteiger partial charge in [0.2, 0.25) is 0 Å². The van der Waals surface area contributed by atoms with E-state index in [0.717, 1.165) is 22.5 Å². The van der Waals surface area contributed by atoms with Gasteiger partial charge in [0.15, 0.2) is 0 Å². The van der Waals surface area contributed by atoms with E-state index < -0.39 is 0 Å². The molecule has 0 N–H and O–H groups in total. The Morgan fingerprint density at radius 2 is 1.04 bits per heavy atom. The van der Waals surface area contributed by atoms with Crippen molar-refractivity contribution in [3.63, 3.8) is 0 Å². The fraction of sp³-hybridized carbons (Fsp3) is 0.0417. The zero-order valence-corrected chi connectivity index (χ0v) is 14.2. The Morgan fingerprint density at radius 1 is 0.480 bits per heavy atom. The highest BCUT2D eigenvalue weighted by Gasteiger charge is 2.08. The summed E-state index contributed by atoms with van der Waals surface area (Å²) in [6, 6.07) is 33.7. The molecule has 0 spiro atoms. The summed E-state index contributed by atoms with van der Waals surface area (Å²) in [6.07, 6.45) is 0. The Morgan fingerprint density at radius 3 is 1.68 bits per heavy atom. The van der Waals surface area contributed by atoms with Gasteiger partial charge in [-0.1, -0.05) is 84.4 Å². The summed E-state index contributed by atoms with van der Waals surface area (Å²) < 4.78 is 0. The smallest absolute Gasteiger partial charge is 0.0715 e. The van der Waals surface area contributed by atoms with Gasteiger partial charge in [-0.05, 0) is 36.2 Å². The maximum atomic E-state index is 4.94. The van der Waals surface area contributed by atoms with Gasteiger partial charge in [-0.2, -0.15) is 0 Å². The van der Waals surface area contributed by atoms with Crippen LogP contribution in [0.15, 0.2) is 97.1 Å². The van der Waals surface area contributed by atoms with Crippen LogP contribution in [-0.2, 0) is 0 Å². The minimum absolute atomic E-state index is 0.999. The number of nitrogens with zero attached hydrogens (tertiary/aromatic N) is 1. The molecule has 0 amide bonds. The van der Waals surface area contributed by atoms with Crippen molar-refractivity contribution in [2.75, 3.05) is 0 Å². The first kappa shape index (κ1) is 15.3. The van der Waals surface area contributed by atoms with Crippen LogP contribution >= 0.6 is 0 Å². The SMILES string of the molecule is Cc1cccc(-c2cc(-c3ccccc3)cc(-c3ccccc3)n2)c1. The molecule has 3 aromatic carbocycles. The molecule has 4 rings (SSSR count). The molecule has 1 nitrogen and oxygen atoms in total. The summed E-state index contributed by atoms with van der Waals surface area (Å²) in [5, 5.41) is 0. The van der Waals surface area contributed by atoms with Gasteiger partial charge in [0.1, 0.15) is 0 Å². The third-order valence-corrected chi connectivity index (χ3v) is 4.32. The predicted molar refractivity (Wildman–Crippen MR) is 105 cm³/mol. The van der Waals surface area contributed by atoms with Crippen molar-refractivity contribution >= 4 is 0 Å². The molecule has 0 atom stereocenters. The van der Waals surface area contributed by atoms with Crippen molar-refractivity contribution in [1.82, 2.24) is 4.98 Å². The van der Waals surface area contributed by atoms with E-state index in [0.29, 0.717) is 0 Å². The van der Waals surface area contributed by atoms with Crippen LogP contribution in [0, 0.1) is 6.92 Å². The fourth-order valence-electron chi connectivity index (χ4n) is 3.04. The van der Waals surface area contributed by atoms with Crippen molar-refractivity contribution in [2.24, 2.45) is 0 Å². The zero-order valence-electron chi connectivity index (χ0n) is 14.2. The van der Waals surface area contributed by atoms with E-state index in [1.54, 1.807) is 0 Å². The molecule has 0 saturated carbocycles. The number of hydrogen-bond donors (Lipinski definition) is 0. The van der Waals surface area contributed by atoms with Gasteiger partial charge in [-0.15, -0.1) is 0 Å². The van der Waals surface area contributed by atoms with Crippen molar-refractivity contribution in [2.45, 2.75) is 6.92 Å². The topological polar surface area (TPSA) is 12.9 Å². The summed E-state index contributed by atoms with van der Waals surface area (Å²) in [4.78, 5) is 4.94. The molecule has 0 aliphatic rings. The molecule has 0 fully saturated rings. The molecule has 1 heteroatoms. The van der Waals surface area contributed by atoms with Gasteiger partial charge in [-0.3, -0.25) is 0 Å². The molecule has 0 aliphatic heterocycles. The zero-order chi connectivity index (χ0) is 17.1. The van der Waals surface area contributed by atoms with E-state index >= 15 is 0 Å². The van der Waals surface area contributed by atoms with Gasteiger partial charge in [0.05, 0.1) is 11.4 Å². The van der Waals surface area contributed by atoms with Gasteiger partial charge in [0.25, 0.3) is 0 Å². The molecule has 0 aliphatic carbocycles. The van der Waals surface area contributed by atoms with Crippen molar-refractivity contribution < 1.29 is 0 Å². The van der Waals surface area contributed by atoms with Gasteiger partial charge in [0, 0.05) is 11.1 Å². The van der Waals surface area contributed by atoms with Crippen molar-refractivity contribution in [1.29, 1.82) is 0 Å². The molecule has 4 aromatic rings. The highest BCUT2D eigenvalue weighted by Crippen LogP contribution is 2.30. The molecule has 25 heavy (non-hydrogen) atoms. The highest BCUT2D eigenvalue weighted by molar-refractivity contribution is 5.76. The minimum Gasteiger partial charge on any atom is -0.248 e. The van der Waals surface area contributed by atoms with Crippen LogP contribution in [0.5, 0.6) is 0 Å². The number of rotatable bonds is 3. The second-order valence-corrected chi connectivity index (χ2v) is 6.23. The van der Waals surface area contributed by atoms with Crippen LogP contribution in [-0.4, -0.2) is 4.98 Å². The van der Waals surface area contributed by atoms with Crippen molar-refractivity contribution in [3.05, 3.63) is 103 Å². The van der Waals surface area contributed by atoms with Crippen LogP contribution in [0.1, 0.15) is 5.56 Å².